The number of nitrogens with zero attached hydrogens (tertiary/aromatic N) is 2. The molecule has 1 aromatic heterocycles. The van der Waals surface area contributed by atoms with E-state index in [0.29, 0.717) is 0 Å². The summed E-state index contributed by atoms with van der Waals surface area (Å²) in [5, 5.41) is 8.63. The molecule has 0 spiro atoms. The molecule has 0 amide bonds. The minimum Gasteiger partial charge on any atom is -0.462 e. The summed E-state index contributed by atoms with van der Waals surface area (Å²) in [5.74, 6) is -0.710. The molecular formula is C10H17N3O4S. The molecule has 0 atom stereocenters. The van der Waals surface area contributed by atoms with Crippen molar-refractivity contribution in [1.82, 2.24) is 9.78 Å². The van der Waals surface area contributed by atoms with E-state index in [2.05, 4.69) is 5.10 Å². The molecule has 1 aromatic rings. The predicted molar refractivity (Wildman–Crippen MR) is 64.5 cm³/mol. The third-order valence-electron chi connectivity index (χ3n) is 2.37. The molecule has 2 N–H and O–H groups in total. The van der Waals surface area contributed by atoms with Crippen molar-refractivity contribution in [3.05, 3.63) is 11.3 Å². The second-order valence-corrected chi connectivity index (χ2v) is 5.40. The Morgan fingerprint density at radius 3 is 2.61 bits per heavy atom. The number of hydrogen-bond acceptors (Lipinski definition) is 5. The number of carbonyl (C=O) groups excluding carboxylic acids is 1. The molecule has 0 radical (unpaired) electrons. The molecule has 18 heavy (non-hydrogen) atoms. The van der Waals surface area contributed by atoms with Crippen molar-refractivity contribution >= 4 is 16.0 Å². The Balaban J connectivity index is 3.12. The lowest BCUT2D eigenvalue weighted by Gasteiger charge is -2.05. The standard InChI is InChI=1S/C10H17N3O4S/c1-4-5-6-17-10(14)8-7(2)12-13(3)9(8)18(11,15)16/h4-6H2,1-3H3,(H2,11,15,16). The van der Waals surface area contributed by atoms with E-state index in [9.17, 15) is 13.2 Å². The van der Waals surface area contributed by atoms with E-state index in [1.165, 1.54) is 14.0 Å². The number of esters is 1. The fraction of sp³-hybridized carbons (Fsp3) is 0.600. The van der Waals surface area contributed by atoms with Crippen molar-refractivity contribution in [1.29, 1.82) is 0 Å². The third kappa shape index (κ3) is 3.08. The lowest BCUT2D eigenvalue weighted by molar-refractivity contribution is 0.0494. The van der Waals surface area contributed by atoms with Crippen molar-refractivity contribution in [2.75, 3.05) is 6.61 Å². The topological polar surface area (TPSA) is 104 Å². The predicted octanol–water partition coefficient (Wildman–Crippen LogP) is 0.333. The van der Waals surface area contributed by atoms with Gasteiger partial charge in [0.15, 0.2) is 5.03 Å². The molecule has 0 saturated carbocycles. The van der Waals surface area contributed by atoms with Gasteiger partial charge in [-0.2, -0.15) is 5.10 Å². The summed E-state index contributed by atoms with van der Waals surface area (Å²) in [6.45, 7) is 3.73. The van der Waals surface area contributed by atoms with E-state index in [4.69, 9.17) is 9.88 Å². The van der Waals surface area contributed by atoms with Gasteiger partial charge >= 0.3 is 5.97 Å². The van der Waals surface area contributed by atoms with Crippen LogP contribution in [0.25, 0.3) is 0 Å². The number of aromatic nitrogens is 2. The zero-order valence-electron chi connectivity index (χ0n) is 10.6. The molecule has 0 bridgehead atoms. The summed E-state index contributed by atoms with van der Waals surface area (Å²) < 4.78 is 28.9. The highest BCUT2D eigenvalue weighted by molar-refractivity contribution is 7.89. The lowest BCUT2D eigenvalue weighted by Crippen LogP contribution is -2.20. The van der Waals surface area contributed by atoms with Crippen molar-refractivity contribution in [3.8, 4) is 0 Å². The lowest BCUT2D eigenvalue weighted by atomic mass is 10.3. The van der Waals surface area contributed by atoms with E-state index in [1.807, 2.05) is 6.92 Å². The van der Waals surface area contributed by atoms with Gasteiger partial charge in [0.2, 0.25) is 0 Å². The second kappa shape index (κ2) is 5.49. The van der Waals surface area contributed by atoms with Gasteiger partial charge in [-0.15, -0.1) is 0 Å². The number of primary sulfonamides is 1. The maximum absolute atomic E-state index is 11.8. The van der Waals surface area contributed by atoms with Gasteiger partial charge in [-0.1, -0.05) is 13.3 Å². The van der Waals surface area contributed by atoms with Crippen molar-refractivity contribution in [2.24, 2.45) is 12.2 Å². The second-order valence-electron chi connectivity index (χ2n) is 3.92. The number of sulfonamides is 1. The molecule has 1 rings (SSSR count). The van der Waals surface area contributed by atoms with Crippen LogP contribution < -0.4 is 5.14 Å². The van der Waals surface area contributed by atoms with Crippen LogP contribution in [0.3, 0.4) is 0 Å². The quantitative estimate of drug-likeness (QED) is 0.616. The number of unbranched alkanes of at least 4 members (excludes halogenated alkanes) is 1. The van der Waals surface area contributed by atoms with Gasteiger partial charge in [0, 0.05) is 7.05 Å². The number of carbonyl (C=O) groups is 1. The average molecular weight is 275 g/mol. The molecule has 0 aromatic carbocycles. The molecule has 0 aliphatic rings. The number of hydrogen-bond donors (Lipinski definition) is 1. The first-order valence-electron chi connectivity index (χ1n) is 5.52. The smallest absolute Gasteiger partial charge is 0.343 e. The van der Waals surface area contributed by atoms with Gasteiger partial charge < -0.3 is 4.74 Å². The molecule has 1 heterocycles. The Morgan fingerprint density at radius 1 is 1.50 bits per heavy atom. The first kappa shape index (κ1) is 14.7. The van der Waals surface area contributed by atoms with E-state index in [1.54, 1.807) is 0 Å². The van der Waals surface area contributed by atoms with Gasteiger partial charge in [0.1, 0.15) is 5.56 Å². The van der Waals surface area contributed by atoms with Crippen LogP contribution in [-0.2, 0) is 21.8 Å². The molecule has 0 aliphatic heterocycles. The van der Waals surface area contributed by atoms with Gasteiger partial charge in [0.25, 0.3) is 10.0 Å². The minimum absolute atomic E-state index is 0.0869. The normalized spacial score (nSPS) is 11.6. The summed E-state index contributed by atoms with van der Waals surface area (Å²) in [4.78, 5) is 11.8. The first-order valence-corrected chi connectivity index (χ1v) is 7.07. The van der Waals surface area contributed by atoms with Crippen molar-refractivity contribution in [3.63, 3.8) is 0 Å². The summed E-state index contributed by atoms with van der Waals surface area (Å²) in [5.41, 5.74) is 0.194. The molecule has 0 saturated heterocycles. The molecule has 0 unspecified atom stereocenters. The Kier molecular flexibility index (Phi) is 4.47. The molecule has 102 valence electrons. The monoisotopic (exact) mass is 275 g/mol. The van der Waals surface area contributed by atoms with Crippen molar-refractivity contribution < 1.29 is 17.9 Å². The molecule has 7 nitrogen and oxygen atoms in total. The molecule has 0 fully saturated rings. The summed E-state index contributed by atoms with van der Waals surface area (Å²) >= 11 is 0. The third-order valence-corrected chi connectivity index (χ3v) is 3.38. The number of rotatable bonds is 5. The van der Waals surface area contributed by atoms with Crippen LogP contribution in [0.2, 0.25) is 0 Å². The Labute approximate surface area is 106 Å². The van der Waals surface area contributed by atoms with Crippen LogP contribution in [0.1, 0.15) is 35.8 Å². The Bertz CT molecular complexity index is 548. The van der Waals surface area contributed by atoms with E-state index in [0.717, 1.165) is 17.5 Å². The zero-order chi connectivity index (χ0) is 13.9. The molecular weight excluding hydrogens is 258 g/mol. The summed E-state index contributed by atoms with van der Waals surface area (Å²) in [6.07, 6.45) is 1.59. The van der Waals surface area contributed by atoms with Crippen molar-refractivity contribution in [2.45, 2.75) is 31.7 Å². The number of aryl methyl sites for hydroxylation is 2. The average Bonchev–Trinajstić information content (AvgIpc) is 2.53. The van der Waals surface area contributed by atoms with E-state index < -0.39 is 16.0 Å². The molecule has 8 heteroatoms. The minimum atomic E-state index is -4.02. The van der Waals surface area contributed by atoms with Crippen LogP contribution in [0.5, 0.6) is 0 Å². The fourth-order valence-corrected chi connectivity index (χ4v) is 2.50. The SMILES string of the molecule is CCCCOC(=O)c1c(C)nn(C)c1S(N)(=O)=O. The van der Waals surface area contributed by atoms with E-state index in [-0.39, 0.29) is 22.9 Å². The van der Waals surface area contributed by atoms with Gasteiger partial charge in [-0.25, -0.2) is 18.4 Å². The van der Waals surface area contributed by atoms with Crippen LogP contribution in [0, 0.1) is 6.92 Å². The van der Waals surface area contributed by atoms with Crippen LogP contribution >= 0.6 is 0 Å². The Hall–Kier alpha value is -1.41. The number of nitrogens with two attached hydrogens (primary N) is 1. The summed E-state index contributed by atoms with van der Waals surface area (Å²) in [6, 6.07) is 0. The van der Waals surface area contributed by atoms with Gasteiger partial charge in [-0.3, -0.25) is 4.68 Å². The highest BCUT2D eigenvalue weighted by Crippen LogP contribution is 2.18. The van der Waals surface area contributed by atoms with Crippen LogP contribution in [0.15, 0.2) is 5.03 Å². The van der Waals surface area contributed by atoms with Crippen LogP contribution in [0.4, 0.5) is 0 Å². The highest BCUT2D eigenvalue weighted by Gasteiger charge is 2.28. The fourth-order valence-electron chi connectivity index (χ4n) is 1.58. The molecule has 0 aliphatic carbocycles. The zero-order valence-corrected chi connectivity index (χ0v) is 11.5. The highest BCUT2D eigenvalue weighted by atomic mass is 32.2. The summed E-state index contributed by atoms with van der Waals surface area (Å²) in [7, 11) is -2.61. The van der Waals surface area contributed by atoms with E-state index >= 15 is 0 Å². The number of ether oxygens (including phenoxy) is 1. The largest absolute Gasteiger partial charge is 0.462 e. The maximum atomic E-state index is 11.8. The first-order chi connectivity index (χ1) is 8.29. The van der Waals surface area contributed by atoms with Gasteiger partial charge in [0.05, 0.1) is 12.3 Å². The Morgan fingerprint density at radius 2 is 2.11 bits per heavy atom. The van der Waals surface area contributed by atoms with Crippen LogP contribution in [-0.4, -0.2) is 30.8 Å². The van der Waals surface area contributed by atoms with Gasteiger partial charge in [-0.05, 0) is 13.3 Å². The maximum Gasteiger partial charge on any atom is 0.343 e.